The molecule has 1 fully saturated rings. The van der Waals surface area contributed by atoms with Gasteiger partial charge in [0.1, 0.15) is 0 Å². The Morgan fingerprint density at radius 2 is 1.88 bits per heavy atom. The lowest BCUT2D eigenvalue weighted by Crippen LogP contribution is -2.45. The minimum absolute atomic E-state index is 0.183. The average molecular weight is 234 g/mol. The molecule has 0 aromatic heterocycles. The lowest BCUT2D eigenvalue weighted by atomic mass is 9.80. The molecule has 0 saturated heterocycles. The number of nitrogens with zero attached hydrogens (tertiary/aromatic N) is 1. The van der Waals surface area contributed by atoms with E-state index < -0.39 is 6.03 Å². The molecule has 1 aromatic rings. The molecule has 0 unspecified atom stereocenters. The number of rotatable bonds is 2. The second-order valence-electron chi connectivity index (χ2n) is 4.55. The maximum atomic E-state index is 11.1. The van der Waals surface area contributed by atoms with Crippen LogP contribution in [0, 0.1) is 0 Å². The lowest BCUT2D eigenvalue weighted by Gasteiger charge is -2.35. The van der Waals surface area contributed by atoms with Crippen molar-refractivity contribution in [2.75, 3.05) is 0 Å². The van der Waals surface area contributed by atoms with Gasteiger partial charge in [-0.1, -0.05) is 43.2 Å². The Kier molecular flexibility index (Phi) is 3.64. The number of hydrogen-bond acceptors (Lipinski definition) is 2. The molecule has 17 heavy (non-hydrogen) atoms. The first kappa shape index (κ1) is 11.9. The maximum absolute atomic E-state index is 11.1. The highest BCUT2D eigenvalue weighted by atomic mass is 16.5. The minimum Gasteiger partial charge on any atom is -0.350 e. The second-order valence-corrected chi connectivity index (χ2v) is 4.55. The van der Waals surface area contributed by atoms with E-state index in [9.17, 15) is 10.0 Å². The van der Waals surface area contributed by atoms with E-state index in [0.29, 0.717) is 5.06 Å². The number of benzene rings is 1. The van der Waals surface area contributed by atoms with Gasteiger partial charge in [-0.3, -0.25) is 5.21 Å². The molecule has 1 aromatic carbocycles. The Labute approximate surface area is 101 Å². The first-order chi connectivity index (χ1) is 8.20. The van der Waals surface area contributed by atoms with Crippen LogP contribution >= 0.6 is 0 Å². The lowest BCUT2D eigenvalue weighted by molar-refractivity contribution is -0.0903. The summed E-state index contributed by atoms with van der Waals surface area (Å²) in [6.07, 6.45) is 3.94. The van der Waals surface area contributed by atoms with E-state index in [1.54, 1.807) is 0 Å². The summed E-state index contributed by atoms with van der Waals surface area (Å²) >= 11 is 0. The average Bonchev–Trinajstić information content (AvgIpc) is 2.39. The van der Waals surface area contributed by atoms with Crippen molar-refractivity contribution in [1.82, 2.24) is 5.06 Å². The van der Waals surface area contributed by atoms with Gasteiger partial charge >= 0.3 is 6.03 Å². The number of amides is 2. The van der Waals surface area contributed by atoms with E-state index in [4.69, 9.17) is 5.73 Å². The van der Waals surface area contributed by atoms with Gasteiger partial charge in [0.15, 0.2) is 0 Å². The van der Waals surface area contributed by atoms with E-state index in [2.05, 4.69) is 0 Å². The van der Waals surface area contributed by atoms with Crippen LogP contribution in [0.2, 0.25) is 0 Å². The van der Waals surface area contributed by atoms with Crippen LogP contribution < -0.4 is 5.73 Å². The summed E-state index contributed by atoms with van der Waals surface area (Å²) in [4.78, 5) is 11.1. The van der Waals surface area contributed by atoms with Crippen LogP contribution in [0.3, 0.4) is 0 Å². The van der Waals surface area contributed by atoms with Crippen molar-refractivity contribution in [3.63, 3.8) is 0 Å². The third-order valence-electron chi connectivity index (χ3n) is 3.50. The number of hydroxylamine groups is 2. The number of carbonyl (C=O) groups is 1. The Balaban J connectivity index is 2.21. The highest BCUT2D eigenvalue weighted by Crippen LogP contribution is 2.35. The van der Waals surface area contributed by atoms with E-state index in [1.165, 1.54) is 0 Å². The predicted molar refractivity (Wildman–Crippen MR) is 64.6 cm³/mol. The maximum Gasteiger partial charge on any atom is 0.338 e. The zero-order valence-corrected chi connectivity index (χ0v) is 9.75. The minimum atomic E-state index is -0.766. The Morgan fingerprint density at radius 1 is 1.24 bits per heavy atom. The fraction of sp³-hybridized carbons (Fsp3) is 0.462. The Bertz CT molecular complexity index is 380. The fourth-order valence-corrected chi connectivity index (χ4v) is 2.66. The van der Waals surface area contributed by atoms with Crippen LogP contribution in [-0.2, 0) is 0 Å². The summed E-state index contributed by atoms with van der Waals surface area (Å²) < 4.78 is 0. The van der Waals surface area contributed by atoms with Crippen LogP contribution in [0.15, 0.2) is 30.3 Å². The Hall–Kier alpha value is -1.55. The smallest absolute Gasteiger partial charge is 0.338 e. The van der Waals surface area contributed by atoms with Gasteiger partial charge in [0, 0.05) is 5.92 Å². The number of hydrogen-bond donors (Lipinski definition) is 2. The zero-order valence-electron chi connectivity index (χ0n) is 9.75. The fourth-order valence-electron chi connectivity index (χ4n) is 2.66. The topological polar surface area (TPSA) is 66.6 Å². The van der Waals surface area contributed by atoms with Crippen molar-refractivity contribution in [1.29, 1.82) is 0 Å². The molecule has 1 aliphatic rings. The van der Waals surface area contributed by atoms with Crippen molar-refractivity contribution in [3.05, 3.63) is 35.9 Å². The standard InChI is InChI=1S/C13H18N2O2/c14-13(16)15(17)12-9-5-4-8-11(12)10-6-2-1-3-7-10/h1-3,6-7,11-12,17H,4-5,8-9H2,(H2,14,16)/t11-,12-/m0/s1. The van der Waals surface area contributed by atoms with Gasteiger partial charge in [-0.05, 0) is 18.4 Å². The molecule has 4 heteroatoms. The number of carbonyl (C=O) groups excluding carboxylic acids is 1. The SMILES string of the molecule is NC(=O)N(O)[C@H]1CCCC[C@H]1c1ccccc1. The molecule has 0 radical (unpaired) electrons. The van der Waals surface area contributed by atoms with Gasteiger partial charge < -0.3 is 5.73 Å². The third-order valence-corrected chi connectivity index (χ3v) is 3.50. The molecule has 2 atom stereocenters. The number of primary amides is 1. The summed E-state index contributed by atoms with van der Waals surface area (Å²) in [6.45, 7) is 0. The molecular weight excluding hydrogens is 216 g/mol. The molecule has 1 aliphatic carbocycles. The molecule has 0 aliphatic heterocycles. The summed E-state index contributed by atoms with van der Waals surface area (Å²) in [7, 11) is 0. The summed E-state index contributed by atoms with van der Waals surface area (Å²) in [5.74, 6) is 0.183. The first-order valence-corrected chi connectivity index (χ1v) is 6.02. The highest BCUT2D eigenvalue weighted by Gasteiger charge is 2.32. The molecule has 0 bridgehead atoms. The van der Waals surface area contributed by atoms with Crippen LogP contribution in [0.25, 0.3) is 0 Å². The molecule has 3 N–H and O–H groups in total. The van der Waals surface area contributed by atoms with E-state index >= 15 is 0 Å². The normalized spacial score (nSPS) is 24.3. The summed E-state index contributed by atoms with van der Waals surface area (Å²) in [5, 5.41) is 10.4. The zero-order chi connectivity index (χ0) is 12.3. The van der Waals surface area contributed by atoms with Gasteiger partial charge in [0.2, 0.25) is 0 Å². The van der Waals surface area contributed by atoms with Crippen molar-refractivity contribution >= 4 is 6.03 Å². The van der Waals surface area contributed by atoms with Gasteiger partial charge in [0.25, 0.3) is 0 Å². The highest BCUT2D eigenvalue weighted by molar-refractivity contribution is 5.71. The van der Waals surface area contributed by atoms with Crippen molar-refractivity contribution in [2.45, 2.75) is 37.6 Å². The third kappa shape index (κ3) is 2.58. The monoisotopic (exact) mass is 234 g/mol. The molecule has 0 spiro atoms. The molecule has 2 amide bonds. The van der Waals surface area contributed by atoms with Gasteiger partial charge in [-0.2, -0.15) is 0 Å². The van der Waals surface area contributed by atoms with Crippen LogP contribution in [0.1, 0.15) is 37.2 Å². The van der Waals surface area contributed by atoms with Gasteiger partial charge in [-0.15, -0.1) is 0 Å². The molecular formula is C13H18N2O2. The molecule has 2 rings (SSSR count). The molecule has 4 nitrogen and oxygen atoms in total. The van der Waals surface area contributed by atoms with E-state index in [1.807, 2.05) is 30.3 Å². The molecule has 0 heterocycles. The quantitative estimate of drug-likeness (QED) is 0.609. The largest absolute Gasteiger partial charge is 0.350 e. The number of nitrogens with two attached hydrogens (primary N) is 1. The summed E-state index contributed by atoms with van der Waals surface area (Å²) in [5.41, 5.74) is 6.31. The van der Waals surface area contributed by atoms with Gasteiger partial charge in [0.05, 0.1) is 6.04 Å². The van der Waals surface area contributed by atoms with Crippen LogP contribution in [0.5, 0.6) is 0 Å². The molecule has 92 valence electrons. The second kappa shape index (κ2) is 5.19. The van der Waals surface area contributed by atoms with Crippen molar-refractivity contribution < 1.29 is 10.0 Å². The van der Waals surface area contributed by atoms with Crippen LogP contribution in [-0.4, -0.2) is 22.3 Å². The van der Waals surface area contributed by atoms with E-state index in [-0.39, 0.29) is 12.0 Å². The van der Waals surface area contributed by atoms with Gasteiger partial charge in [-0.25, -0.2) is 9.86 Å². The predicted octanol–water partition coefficient (Wildman–Crippen LogP) is 2.48. The Morgan fingerprint density at radius 3 is 2.53 bits per heavy atom. The molecule has 1 saturated carbocycles. The first-order valence-electron chi connectivity index (χ1n) is 6.02. The van der Waals surface area contributed by atoms with Crippen molar-refractivity contribution in [2.24, 2.45) is 5.73 Å². The van der Waals surface area contributed by atoms with Crippen molar-refractivity contribution in [3.8, 4) is 0 Å². The van der Waals surface area contributed by atoms with Crippen LogP contribution in [0.4, 0.5) is 4.79 Å². The number of urea groups is 1. The summed E-state index contributed by atoms with van der Waals surface area (Å²) in [6, 6.07) is 9.04. The van der Waals surface area contributed by atoms with E-state index in [0.717, 1.165) is 31.2 Å².